The van der Waals surface area contributed by atoms with Gasteiger partial charge in [0.25, 0.3) is 0 Å². The average Bonchev–Trinajstić information content (AvgIpc) is 3.09. The van der Waals surface area contributed by atoms with Crippen LogP contribution in [0.4, 0.5) is 0 Å². The van der Waals surface area contributed by atoms with Gasteiger partial charge in [-0.3, -0.25) is 10.00 Å². The van der Waals surface area contributed by atoms with E-state index < -0.39 is 5.60 Å². The smallest absolute Gasteiger partial charge is 0.122 e. The summed E-state index contributed by atoms with van der Waals surface area (Å²) in [6.45, 7) is 4.62. The van der Waals surface area contributed by atoms with Gasteiger partial charge in [-0.1, -0.05) is 18.2 Å². The number of para-hydroxylation sites is 1. The second kappa shape index (κ2) is 5.87. The minimum absolute atomic E-state index is 0.331. The van der Waals surface area contributed by atoms with E-state index in [1.165, 1.54) is 0 Å². The van der Waals surface area contributed by atoms with E-state index >= 15 is 0 Å². The molecule has 0 saturated carbocycles. The number of aromatic amines is 1. The molecule has 1 aromatic heterocycles. The molecular formula is C16H21N3O2. The van der Waals surface area contributed by atoms with E-state index in [9.17, 15) is 5.11 Å². The highest BCUT2D eigenvalue weighted by Crippen LogP contribution is 2.25. The zero-order valence-corrected chi connectivity index (χ0v) is 12.2. The summed E-state index contributed by atoms with van der Waals surface area (Å²) >= 11 is 0. The van der Waals surface area contributed by atoms with Crippen LogP contribution in [0.5, 0.6) is 5.75 Å². The number of benzene rings is 1. The molecule has 1 atom stereocenters. The van der Waals surface area contributed by atoms with E-state index in [2.05, 4.69) is 15.1 Å². The third-order valence-electron chi connectivity index (χ3n) is 3.95. The first-order valence-electron chi connectivity index (χ1n) is 7.26. The Labute approximate surface area is 124 Å². The number of ether oxygens (including phenoxy) is 1. The molecule has 2 aromatic rings. The first-order chi connectivity index (χ1) is 10.1. The molecule has 1 fully saturated rings. The number of hydrogen-bond acceptors (Lipinski definition) is 4. The summed E-state index contributed by atoms with van der Waals surface area (Å²) in [4.78, 5) is 2.22. The van der Waals surface area contributed by atoms with Crippen LogP contribution < -0.4 is 4.74 Å². The van der Waals surface area contributed by atoms with Crippen LogP contribution in [-0.2, 0) is 6.54 Å². The predicted molar refractivity (Wildman–Crippen MR) is 80.1 cm³/mol. The molecule has 5 nitrogen and oxygen atoms in total. The molecule has 21 heavy (non-hydrogen) atoms. The highest BCUT2D eigenvalue weighted by atomic mass is 16.5. The van der Waals surface area contributed by atoms with Gasteiger partial charge in [0, 0.05) is 31.5 Å². The second-order valence-electron chi connectivity index (χ2n) is 5.82. The Balaban J connectivity index is 1.55. The first-order valence-corrected chi connectivity index (χ1v) is 7.26. The summed E-state index contributed by atoms with van der Waals surface area (Å²) in [7, 11) is 0. The molecule has 112 valence electrons. The number of nitrogens with one attached hydrogen (secondary N) is 1. The number of aliphatic hydroxyl groups is 1. The maximum Gasteiger partial charge on any atom is 0.122 e. The van der Waals surface area contributed by atoms with Gasteiger partial charge in [-0.15, -0.1) is 0 Å². The zero-order valence-electron chi connectivity index (χ0n) is 12.2. The molecule has 5 heteroatoms. The highest BCUT2D eigenvalue weighted by molar-refractivity contribution is 5.31. The normalized spacial score (nSPS) is 22.6. The number of likely N-dealkylation sites (tertiary alicyclic amines) is 1. The van der Waals surface area contributed by atoms with Gasteiger partial charge >= 0.3 is 0 Å². The molecule has 0 radical (unpaired) electrons. The number of hydrogen-bond donors (Lipinski definition) is 2. The van der Waals surface area contributed by atoms with Crippen molar-refractivity contribution in [2.45, 2.75) is 25.5 Å². The SMILES string of the molecule is Cc1ccccc1OC[C@]1(O)CCN(Cc2ccn[nH]2)C1. The summed E-state index contributed by atoms with van der Waals surface area (Å²) in [5.74, 6) is 0.845. The Hall–Kier alpha value is -1.85. The largest absolute Gasteiger partial charge is 0.490 e. The van der Waals surface area contributed by atoms with E-state index in [1.54, 1.807) is 6.20 Å². The molecule has 1 saturated heterocycles. The predicted octanol–water partition coefficient (Wildman–Crippen LogP) is 1.73. The standard InChI is InChI=1S/C16H21N3O2/c1-13-4-2-3-5-15(13)21-12-16(20)7-9-19(11-16)10-14-6-8-17-18-14/h2-6,8,20H,7,9-12H2,1H3,(H,17,18)/t16-/m0/s1. The van der Waals surface area contributed by atoms with Crippen LogP contribution in [0.2, 0.25) is 0 Å². The van der Waals surface area contributed by atoms with Gasteiger partial charge in [-0.2, -0.15) is 5.10 Å². The molecule has 2 heterocycles. The van der Waals surface area contributed by atoms with Gasteiger partial charge in [0.1, 0.15) is 18.0 Å². The molecule has 1 aliphatic rings. The van der Waals surface area contributed by atoms with E-state index in [-0.39, 0.29) is 0 Å². The number of nitrogens with zero attached hydrogens (tertiary/aromatic N) is 2. The van der Waals surface area contributed by atoms with Crippen LogP contribution in [-0.4, -0.2) is 45.5 Å². The number of aryl methyl sites for hydroxylation is 1. The van der Waals surface area contributed by atoms with Crippen molar-refractivity contribution in [3.8, 4) is 5.75 Å². The van der Waals surface area contributed by atoms with Crippen molar-refractivity contribution >= 4 is 0 Å². The van der Waals surface area contributed by atoms with Crippen LogP contribution in [0.3, 0.4) is 0 Å². The van der Waals surface area contributed by atoms with Crippen LogP contribution in [0, 0.1) is 6.92 Å². The molecule has 1 aromatic carbocycles. The van der Waals surface area contributed by atoms with Crippen molar-refractivity contribution in [3.63, 3.8) is 0 Å². The highest BCUT2D eigenvalue weighted by Gasteiger charge is 2.37. The van der Waals surface area contributed by atoms with Gasteiger partial charge < -0.3 is 9.84 Å². The Kier molecular flexibility index (Phi) is 3.94. The van der Waals surface area contributed by atoms with E-state index in [0.29, 0.717) is 13.2 Å². The van der Waals surface area contributed by atoms with Gasteiger partial charge in [0.05, 0.1) is 0 Å². The number of rotatable bonds is 5. The molecule has 0 bridgehead atoms. The Morgan fingerprint density at radius 3 is 3.00 bits per heavy atom. The van der Waals surface area contributed by atoms with Crippen LogP contribution in [0.15, 0.2) is 36.5 Å². The summed E-state index contributed by atoms with van der Waals surface area (Å²) in [6.07, 6.45) is 2.48. The van der Waals surface area contributed by atoms with E-state index in [4.69, 9.17) is 4.74 Å². The second-order valence-corrected chi connectivity index (χ2v) is 5.82. The maximum atomic E-state index is 10.7. The Morgan fingerprint density at radius 1 is 1.38 bits per heavy atom. The van der Waals surface area contributed by atoms with Gasteiger partial charge in [0.15, 0.2) is 0 Å². The average molecular weight is 287 g/mol. The van der Waals surface area contributed by atoms with Crippen molar-refractivity contribution in [1.29, 1.82) is 0 Å². The van der Waals surface area contributed by atoms with Crippen molar-refractivity contribution in [1.82, 2.24) is 15.1 Å². The molecule has 0 spiro atoms. The first kappa shape index (κ1) is 14.1. The fourth-order valence-electron chi connectivity index (χ4n) is 2.74. The number of β-amino-alcohol motifs (C(OH)–C–C–N with tert-alkyl or cyclic N) is 1. The molecule has 0 aliphatic carbocycles. The summed E-state index contributed by atoms with van der Waals surface area (Å²) in [6, 6.07) is 9.85. The minimum atomic E-state index is -0.775. The molecule has 0 amide bonds. The molecule has 3 rings (SSSR count). The summed E-state index contributed by atoms with van der Waals surface area (Å²) in [5.41, 5.74) is 1.38. The lowest BCUT2D eigenvalue weighted by atomic mass is 10.1. The fraction of sp³-hybridized carbons (Fsp3) is 0.438. The summed E-state index contributed by atoms with van der Waals surface area (Å²) in [5, 5.41) is 17.5. The Bertz CT molecular complexity index is 585. The molecular weight excluding hydrogens is 266 g/mol. The quantitative estimate of drug-likeness (QED) is 0.879. The monoisotopic (exact) mass is 287 g/mol. The number of H-pyrrole nitrogens is 1. The topological polar surface area (TPSA) is 61.4 Å². The van der Waals surface area contributed by atoms with Crippen molar-refractivity contribution < 1.29 is 9.84 Å². The van der Waals surface area contributed by atoms with Crippen molar-refractivity contribution in [2.24, 2.45) is 0 Å². The lowest BCUT2D eigenvalue weighted by Crippen LogP contribution is -2.39. The molecule has 2 N–H and O–H groups in total. The van der Waals surface area contributed by atoms with Crippen LogP contribution >= 0.6 is 0 Å². The van der Waals surface area contributed by atoms with E-state index in [1.807, 2.05) is 37.3 Å². The molecule has 0 unspecified atom stereocenters. The van der Waals surface area contributed by atoms with Crippen LogP contribution in [0.1, 0.15) is 17.7 Å². The van der Waals surface area contributed by atoms with Crippen molar-refractivity contribution in [3.05, 3.63) is 47.8 Å². The van der Waals surface area contributed by atoms with Gasteiger partial charge in [-0.25, -0.2) is 0 Å². The number of aromatic nitrogens is 2. The third kappa shape index (κ3) is 3.43. The lowest BCUT2D eigenvalue weighted by Gasteiger charge is -2.24. The Morgan fingerprint density at radius 2 is 2.24 bits per heavy atom. The van der Waals surface area contributed by atoms with Gasteiger partial charge in [-0.05, 0) is 31.0 Å². The van der Waals surface area contributed by atoms with Crippen LogP contribution in [0.25, 0.3) is 0 Å². The van der Waals surface area contributed by atoms with Gasteiger partial charge in [0.2, 0.25) is 0 Å². The zero-order chi connectivity index (χ0) is 14.7. The maximum absolute atomic E-state index is 10.7. The molecule has 1 aliphatic heterocycles. The minimum Gasteiger partial charge on any atom is -0.490 e. The lowest BCUT2D eigenvalue weighted by molar-refractivity contribution is 0.00312. The third-order valence-corrected chi connectivity index (χ3v) is 3.95. The van der Waals surface area contributed by atoms with Crippen molar-refractivity contribution in [2.75, 3.05) is 19.7 Å². The summed E-state index contributed by atoms with van der Waals surface area (Å²) < 4.78 is 5.81. The fourth-order valence-corrected chi connectivity index (χ4v) is 2.74. The van der Waals surface area contributed by atoms with E-state index in [0.717, 1.165) is 36.5 Å².